The Bertz CT molecular complexity index is 1300. The van der Waals surface area contributed by atoms with Gasteiger partial charge in [0.25, 0.3) is 11.6 Å². The summed E-state index contributed by atoms with van der Waals surface area (Å²) in [4.78, 5) is 22.9. The van der Waals surface area contributed by atoms with E-state index in [0.717, 1.165) is 17.2 Å². The Morgan fingerprint density at radius 1 is 1.15 bits per heavy atom. The number of amides is 1. The number of carbonyl (C=O) groups excluding carboxylic acids is 1. The molecular weight excluding hydrogens is 458 g/mol. The number of methoxy groups -OCH3 is 1. The molecule has 0 unspecified atom stereocenters. The van der Waals surface area contributed by atoms with Gasteiger partial charge >= 0.3 is 0 Å². The Balaban J connectivity index is 1.76. The van der Waals surface area contributed by atoms with E-state index in [4.69, 9.17) is 21.1 Å². The van der Waals surface area contributed by atoms with Crippen LogP contribution < -0.4 is 14.8 Å². The lowest BCUT2D eigenvalue weighted by Gasteiger charge is -2.12. The molecule has 3 rings (SSSR count). The van der Waals surface area contributed by atoms with E-state index in [1.165, 1.54) is 25.3 Å². The highest BCUT2D eigenvalue weighted by atomic mass is 35.5. The molecule has 172 valence electrons. The van der Waals surface area contributed by atoms with Gasteiger partial charge in [0.1, 0.15) is 23.3 Å². The van der Waals surface area contributed by atoms with E-state index < -0.39 is 10.8 Å². The van der Waals surface area contributed by atoms with Gasteiger partial charge in [0.15, 0.2) is 11.5 Å². The van der Waals surface area contributed by atoms with Gasteiger partial charge in [-0.25, -0.2) is 0 Å². The maximum absolute atomic E-state index is 12.6. The molecule has 0 aliphatic heterocycles. The van der Waals surface area contributed by atoms with Crippen LogP contribution in [0.25, 0.3) is 6.08 Å². The van der Waals surface area contributed by atoms with Gasteiger partial charge in [-0.05, 0) is 48.4 Å². The lowest BCUT2D eigenvalue weighted by atomic mass is 10.1. The van der Waals surface area contributed by atoms with E-state index in [1.54, 1.807) is 18.2 Å². The predicted molar refractivity (Wildman–Crippen MR) is 129 cm³/mol. The Morgan fingerprint density at radius 2 is 1.88 bits per heavy atom. The Kier molecular flexibility index (Phi) is 7.85. The molecule has 0 spiro atoms. The van der Waals surface area contributed by atoms with Gasteiger partial charge in [0.05, 0.1) is 12.0 Å². The first kappa shape index (κ1) is 24.3. The standard InChI is InChI=1S/C25H20ClN3O5/c1-16-3-5-17(6-4-16)15-34-23-10-7-18(12-24(23)33-2)11-19(14-27)25(30)28-20-8-9-21(26)22(13-20)29(31)32/h3-13H,15H2,1-2H3,(H,28,30)/b19-11+. The second-order valence-corrected chi connectivity index (χ2v) is 7.64. The average molecular weight is 478 g/mol. The SMILES string of the molecule is COc1cc(/C=C(\C#N)C(=O)Nc2ccc(Cl)c([N+](=O)[O-])c2)ccc1OCc1ccc(C)cc1. The smallest absolute Gasteiger partial charge is 0.289 e. The molecule has 9 heteroatoms. The molecule has 0 aliphatic rings. The largest absolute Gasteiger partial charge is 0.493 e. The second-order valence-electron chi connectivity index (χ2n) is 7.23. The molecule has 34 heavy (non-hydrogen) atoms. The number of nitrogens with one attached hydrogen (secondary N) is 1. The summed E-state index contributed by atoms with van der Waals surface area (Å²) >= 11 is 5.79. The number of aryl methyl sites for hydroxylation is 1. The van der Waals surface area contributed by atoms with Crippen molar-refractivity contribution in [1.82, 2.24) is 0 Å². The van der Waals surface area contributed by atoms with E-state index in [9.17, 15) is 20.2 Å². The molecule has 0 aromatic heterocycles. The molecule has 1 amide bonds. The third kappa shape index (κ3) is 6.12. The van der Waals surface area contributed by atoms with Crippen LogP contribution in [0.15, 0.2) is 66.2 Å². The quantitative estimate of drug-likeness (QED) is 0.193. The molecular formula is C25H20ClN3O5. The number of anilines is 1. The number of hydrogen-bond donors (Lipinski definition) is 1. The maximum Gasteiger partial charge on any atom is 0.289 e. The monoisotopic (exact) mass is 477 g/mol. The van der Waals surface area contributed by atoms with Crippen molar-refractivity contribution in [2.24, 2.45) is 0 Å². The number of nitro groups is 1. The van der Waals surface area contributed by atoms with Crippen LogP contribution in [-0.2, 0) is 11.4 Å². The minimum absolute atomic E-state index is 0.0594. The van der Waals surface area contributed by atoms with Crippen LogP contribution in [-0.4, -0.2) is 17.9 Å². The second kappa shape index (κ2) is 11.0. The topological polar surface area (TPSA) is 114 Å². The van der Waals surface area contributed by atoms with Crippen molar-refractivity contribution in [3.05, 3.63) is 98.1 Å². The van der Waals surface area contributed by atoms with Crippen molar-refractivity contribution < 1.29 is 19.2 Å². The van der Waals surface area contributed by atoms with E-state index in [0.29, 0.717) is 23.7 Å². The highest BCUT2D eigenvalue weighted by Crippen LogP contribution is 2.30. The Hall–Kier alpha value is -4.35. The summed E-state index contributed by atoms with van der Waals surface area (Å²) in [6, 6.07) is 18.6. The summed E-state index contributed by atoms with van der Waals surface area (Å²) < 4.78 is 11.2. The number of hydrogen-bond acceptors (Lipinski definition) is 6. The molecule has 0 bridgehead atoms. The molecule has 3 aromatic carbocycles. The molecule has 0 heterocycles. The molecule has 0 radical (unpaired) electrons. The Labute approximate surface area is 201 Å². The van der Waals surface area contributed by atoms with Crippen molar-refractivity contribution in [2.75, 3.05) is 12.4 Å². The zero-order chi connectivity index (χ0) is 24.7. The third-order valence-corrected chi connectivity index (χ3v) is 5.10. The minimum atomic E-state index is -0.724. The molecule has 0 fully saturated rings. The number of ether oxygens (including phenoxy) is 2. The summed E-state index contributed by atoms with van der Waals surface area (Å²) in [5.41, 5.74) is 2.28. The molecule has 0 saturated heterocycles. The fourth-order valence-corrected chi connectivity index (χ4v) is 3.17. The van der Waals surface area contributed by atoms with Crippen LogP contribution in [0.5, 0.6) is 11.5 Å². The average Bonchev–Trinajstić information content (AvgIpc) is 2.83. The summed E-state index contributed by atoms with van der Waals surface area (Å²) in [5, 5.41) is 22.9. The zero-order valence-electron chi connectivity index (χ0n) is 18.4. The van der Waals surface area contributed by atoms with Crippen molar-refractivity contribution in [3.8, 4) is 17.6 Å². The van der Waals surface area contributed by atoms with E-state index in [2.05, 4.69) is 5.32 Å². The van der Waals surface area contributed by atoms with Crippen LogP contribution in [0.1, 0.15) is 16.7 Å². The maximum atomic E-state index is 12.6. The number of rotatable bonds is 8. The van der Waals surface area contributed by atoms with Crippen LogP contribution in [0.3, 0.4) is 0 Å². The van der Waals surface area contributed by atoms with Gasteiger partial charge in [0.2, 0.25) is 0 Å². The molecule has 8 nitrogen and oxygen atoms in total. The number of nitriles is 1. The van der Waals surface area contributed by atoms with Gasteiger partial charge in [0, 0.05) is 11.8 Å². The lowest BCUT2D eigenvalue weighted by Crippen LogP contribution is -2.13. The molecule has 0 saturated carbocycles. The highest BCUT2D eigenvalue weighted by Gasteiger charge is 2.16. The number of nitro benzene ring substituents is 1. The van der Waals surface area contributed by atoms with Crippen molar-refractivity contribution in [3.63, 3.8) is 0 Å². The van der Waals surface area contributed by atoms with E-state index in [-0.39, 0.29) is 22.0 Å². The fourth-order valence-electron chi connectivity index (χ4n) is 2.98. The first-order chi connectivity index (χ1) is 16.3. The molecule has 0 aliphatic carbocycles. The lowest BCUT2D eigenvalue weighted by molar-refractivity contribution is -0.384. The highest BCUT2D eigenvalue weighted by molar-refractivity contribution is 6.32. The summed E-state index contributed by atoms with van der Waals surface area (Å²) in [5.74, 6) is 0.223. The normalized spacial score (nSPS) is 10.8. The first-order valence-electron chi connectivity index (χ1n) is 10.0. The minimum Gasteiger partial charge on any atom is -0.493 e. The van der Waals surface area contributed by atoms with Crippen molar-refractivity contribution in [2.45, 2.75) is 13.5 Å². The fraction of sp³-hybridized carbons (Fsp3) is 0.120. The van der Waals surface area contributed by atoms with Crippen molar-refractivity contribution in [1.29, 1.82) is 5.26 Å². The van der Waals surface area contributed by atoms with Crippen LogP contribution in [0, 0.1) is 28.4 Å². The first-order valence-corrected chi connectivity index (χ1v) is 10.4. The number of benzene rings is 3. The molecule has 3 aromatic rings. The summed E-state index contributed by atoms with van der Waals surface area (Å²) in [6.07, 6.45) is 1.38. The van der Waals surface area contributed by atoms with Gasteiger partial charge in [-0.2, -0.15) is 5.26 Å². The Morgan fingerprint density at radius 3 is 2.53 bits per heavy atom. The van der Waals surface area contributed by atoms with Crippen LogP contribution in [0.2, 0.25) is 5.02 Å². The summed E-state index contributed by atoms with van der Waals surface area (Å²) in [6.45, 7) is 2.36. The van der Waals surface area contributed by atoms with Crippen molar-refractivity contribution >= 4 is 35.0 Å². The molecule has 1 N–H and O–H groups in total. The zero-order valence-corrected chi connectivity index (χ0v) is 19.1. The van der Waals surface area contributed by atoms with Gasteiger partial charge in [-0.1, -0.05) is 47.5 Å². The van der Waals surface area contributed by atoms with E-state index >= 15 is 0 Å². The predicted octanol–water partition coefficient (Wildman–Crippen LogP) is 5.69. The van der Waals surface area contributed by atoms with Crippen LogP contribution in [0.4, 0.5) is 11.4 Å². The molecule has 0 atom stereocenters. The van der Waals surface area contributed by atoms with Gasteiger partial charge in [-0.3, -0.25) is 14.9 Å². The third-order valence-electron chi connectivity index (χ3n) is 4.78. The number of carbonyl (C=O) groups is 1. The van der Waals surface area contributed by atoms with Crippen LogP contribution >= 0.6 is 11.6 Å². The summed E-state index contributed by atoms with van der Waals surface area (Å²) in [7, 11) is 1.49. The number of halogens is 1. The number of nitrogens with zero attached hydrogens (tertiary/aromatic N) is 2. The van der Waals surface area contributed by atoms with Gasteiger partial charge in [-0.15, -0.1) is 0 Å². The van der Waals surface area contributed by atoms with Gasteiger partial charge < -0.3 is 14.8 Å². The van der Waals surface area contributed by atoms with E-state index in [1.807, 2.05) is 37.3 Å².